The normalized spacial score (nSPS) is 14.3. The fraction of sp³-hybridized carbons (Fsp3) is 0.263. The van der Waals surface area contributed by atoms with Crippen LogP contribution in [0.25, 0.3) is 22.0 Å². The molecule has 0 radical (unpaired) electrons. The zero-order chi connectivity index (χ0) is 17.4. The second-order valence-electron chi connectivity index (χ2n) is 6.49. The maximum atomic E-state index is 12.1. The number of aryl methyl sites for hydroxylation is 1. The second-order valence-corrected chi connectivity index (χ2v) is 6.49. The average Bonchev–Trinajstić information content (AvgIpc) is 2.53. The Hall–Kier alpha value is -3.02. The zero-order valence-corrected chi connectivity index (χ0v) is 14.0. The number of nitrogen functional groups attached to an aromatic ring is 1. The van der Waals surface area contributed by atoms with Crippen molar-refractivity contribution in [1.82, 2.24) is 15.0 Å². The van der Waals surface area contributed by atoms with Crippen molar-refractivity contribution in [2.24, 2.45) is 5.92 Å². The molecule has 3 heterocycles. The monoisotopic (exact) mass is 333 g/mol. The van der Waals surface area contributed by atoms with Gasteiger partial charge in [0.15, 0.2) is 0 Å². The molecule has 126 valence electrons. The van der Waals surface area contributed by atoms with Crippen LogP contribution in [0.4, 0.5) is 11.6 Å². The van der Waals surface area contributed by atoms with Crippen LogP contribution >= 0.6 is 0 Å². The molecule has 0 unspecified atom stereocenters. The molecule has 0 spiro atoms. The van der Waals surface area contributed by atoms with Crippen molar-refractivity contribution in [3.63, 3.8) is 0 Å². The number of fused-ring (bicyclic) bond motifs is 1. The largest absolute Gasteiger partial charge is 0.383 e. The van der Waals surface area contributed by atoms with Gasteiger partial charge < -0.3 is 11.1 Å². The number of rotatable bonds is 3. The van der Waals surface area contributed by atoms with Crippen molar-refractivity contribution < 1.29 is 4.79 Å². The van der Waals surface area contributed by atoms with E-state index < -0.39 is 0 Å². The van der Waals surface area contributed by atoms with Gasteiger partial charge in [0.25, 0.3) is 0 Å². The molecule has 0 saturated heterocycles. The molecule has 0 bridgehead atoms. The zero-order valence-electron chi connectivity index (χ0n) is 14.0. The van der Waals surface area contributed by atoms with Crippen LogP contribution in [0.2, 0.25) is 0 Å². The Morgan fingerprint density at radius 1 is 1.28 bits per heavy atom. The first kappa shape index (κ1) is 15.5. The van der Waals surface area contributed by atoms with Crippen LogP contribution in [0.15, 0.2) is 36.8 Å². The summed E-state index contributed by atoms with van der Waals surface area (Å²) in [5.74, 6) is 1.13. The minimum atomic E-state index is 0.0449. The van der Waals surface area contributed by atoms with Gasteiger partial charge >= 0.3 is 0 Å². The van der Waals surface area contributed by atoms with Gasteiger partial charge in [-0.2, -0.15) is 0 Å². The lowest BCUT2D eigenvalue weighted by atomic mass is 9.85. The molecule has 25 heavy (non-hydrogen) atoms. The van der Waals surface area contributed by atoms with Gasteiger partial charge in [-0.3, -0.25) is 9.78 Å². The van der Waals surface area contributed by atoms with E-state index in [0.29, 0.717) is 11.6 Å². The van der Waals surface area contributed by atoms with Gasteiger partial charge in [0, 0.05) is 35.5 Å². The van der Waals surface area contributed by atoms with E-state index >= 15 is 0 Å². The van der Waals surface area contributed by atoms with Crippen molar-refractivity contribution in [3.8, 4) is 11.3 Å². The van der Waals surface area contributed by atoms with E-state index in [9.17, 15) is 4.79 Å². The fourth-order valence-electron chi connectivity index (χ4n) is 3.01. The highest BCUT2D eigenvalue weighted by Gasteiger charge is 2.25. The van der Waals surface area contributed by atoms with Crippen LogP contribution in [0.5, 0.6) is 0 Å². The van der Waals surface area contributed by atoms with Gasteiger partial charge in [0.2, 0.25) is 5.91 Å². The highest BCUT2D eigenvalue weighted by Crippen LogP contribution is 2.30. The van der Waals surface area contributed by atoms with Crippen molar-refractivity contribution in [2.45, 2.75) is 26.2 Å². The smallest absolute Gasteiger partial charge is 0.228 e. The van der Waals surface area contributed by atoms with Crippen LogP contribution in [-0.4, -0.2) is 20.9 Å². The lowest BCUT2D eigenvalue weighted by Gasteiger charge is -2.23. The summed E-state index contributed by atoms with van der Waals surface area (Å²) in [6.07, 6.45) is 8.24. The number of carbonyl (C=O) groups excluding carboxylic acids is 1. The summed E-state index contributed by atoms with van der Waals surface area (Å²) in [5, 5.41) is 4.57. The number of carbonyl (C=O) groups is 1. The fourth-order valence-corrected chi connectivity index (χ4v) is 3.01. The molecule has 1 fully saturated rings. The van der Waals surface area contributed by atoms with Crippen LogP contribution in [0.3, 0.4) is 0 Å². The van der Waals surface area contributed by atoms with Crippen molar-refractivity contribution >= 4 is 28.3 Å². The third-order valence-electron chi connectivity index (χ3n) is 4.79. The summed E-state index contributed by atoms with van der Waals surface area (Å²) < 4.78 is 0. The number of nitrogens with one attached hydrogen (secondary N) is 1. The molecule has 6 heteroatoms. The number of nitrogens with zero attached hydrogens (tertiary/aromatic N) is 3. The molecule has 1 saturated carbocycles. The molecule has 6 nitrogen and oxygen atoms in total. The number of hydrogen-bond acceptors (Lipinski definition) is 5. The number of hydrogen-bond donors (Lipinski definition) is 2. The van der Waals surface area contributed by atoms with Crippen LogP contribution < -0.4 is 11.1 Å². The van der Waals surface area contributed by atoms with Crippen molar-refractivity contribution in [3.05, 3.63) is 42.4 Å². The third kappa shape index (κ3) is 2.91. The average molecular weight is 333 g/mol. The number of anilines is 2. The summed E-state index contributed by atoms with van der Waals surface area (Å²) in [6.45, 7) is 2.01. The molecule has 0 aliphatic heterocycles. The minimum absolute atomic E-state index is 0.0449. The molecular weight excluding hydrogens is 314 g/mol. The van der Waals surface area contributed by atoms with E-state index in [0.717, 1.165) is 46.9 Å². The van der Waals surface area contributed by atoms with E-state index in [1.807, 2.05) is 25.1 Å². The molecule has 0 aromatic carbocycles. The summed E-state index contributed by atoms with van der Waals surface area (Å²) in [6, 6.07) is 5.74. The van der Waals surface area contributed by atoms with E-state index in [1.54, 1.807) is 18.6 Å². The first-order chi connectivity index (χ1) is 12.1. The first-order valence-electron chi connectivity index (χ1n) is 8.40. The number of pyridine rings is 3. The predicted molar refractivity (Wildman–Crippen MR) is 97.9 cm³/mol. The summed E-state index contributed by atoms with van der Waals surface area (Å²) >= 11 is 0. The molecule has 4 rings (SSSR count). The van der Waals surface area contributed by atoms with Gasteiger partial charge in [0.05, 0.1) is 5.69 Å². The highest BCUT2D eigenvalue weighted by atomic mass is 16.2. The number of amides is 1. The minimum Gasteiger partial charge on any atom is -0.383 e. The molecule has 3 aromatic rings. The topological polar surface area (TPSA) is 93.8 Å². The maximum Gasteiger partial charge on any atom is 0.228 e. The van der Waals surface area contributed by atoms with Crippen LogP contribution in [-0.2, 0) is 4.79 Å². The van der Waals surface area contributed by atoms with Gasteiger partial charge in [-0.15, -0.1) is 0 Å². The van der Waals surface area contributed by atoms with Gasteiger partial charge in [-0.05, 0) is 48.9 Å². The Kier molecular flexibility index (Phi) is 3.80. The molecule has 0 atom stereocenters. The summed E-state index contributed by atoms with van der Waals surface area (Å²) in [4.78, 5) is 25.1. The van der Waals surface area contributed by atoms with E-state index in [2.05, 4.69) is 20.3 Å². The van der Waals surface area contributed by atoms with E-state index in [1.165, 1.54) is 0 Å². The lowest BCUT2D eigenvalue weighted by Crippen LogP contribution is -2.28. The van der Waals surface area contributed by atoms with Gasteiger partial charge in [0.1, 0.15) is 11.6 Å². The number of aromatic nitrogens is 3. The molecule has 1 aliphatic carbocycles. The summed E-state index contributed by atoms with van der Waals surface area (Å²) in [7, 11) is 0. The number of nitrogens with two attached hydrogens (primary N) is 1. The Balaban J connectivity index is 1.73. The maximum absolute atomic E-state index is 12.1. The quantitative estimate of drug-likeness (QED) is 0.767. The molecule has 1 amide bonds. The predicted octanol–water partition coefficient (Wildman–Crippen LogP) is 3.32. The van der Waals surface area contributed by atoms with E-state index in [4.69, 9.17) is 5.73 Å². The lowest BCUT2D eigenvalue weighted by molar-refractivity contribution is -0.122. The first-order valence-corrected chi connectivity index (χ1v) is 8.40. The SMILES string of the molecule is Cc1ccncc1-c1cc2cc(NC(=O)C3CCC3)ncc2c(N)n1. The van der Waals surface area contributed by atoms with Crippen LogP contribution in [0.1, 0.15) is 24.8 Å². The molecule has 3 N–H and O–H groups in total. The third-order valence-corrected chi connectivity index (χ3v) is 4.79. The Morgan fingerprint density at radius 2 is 2.12 bits per heavy atom. The molecular formula is C19H19N5O. The highest BCUT2D eigenvalue weighted by molar-refractivity contribution is 5.97. The van der Waals surface area contributed by atoms with Crippen molar-refractivity contribution in [1.29, 1.82) is 0 Å². The Morgan fingerprint density at radius 3 is 2.84 bits per heavy atom. The van der Waals surface area contributed by atoms with Gasteiger partial charge in [-0.1, -0.05) is 6.42 Å². The standard InChI is InChI=1S/C19H19N5O/c1-11-5-6-21-9-14(11)16-7-13-8-17(22-10-15(13)18(20)23-16)24-19(25)12-3-2-4-12/h5-10,12H,2-4H2,1H3,(H2,20,23)(H,22,24,25). The molecule has 1 aliphatic rings. The van der Waals surface area contributed by atoms with Gasteiger partial charge in [-0.25, -0.2) is 9.97 Å². The molecule has 3 aromatic heterocycles. The summed E-state index contributed by atoms with van der Waals surface area (Å²) in [5.41, 5.74) is 8.89. The second kappa shape index (κ2) is 6.12. The Labute approximate surface area is 145 Å². The van der Waals surface area contributed by atoms with E-state index in [-0.39, 0.29) is 11.8 Å². The van der Waals surface area contributed by atoms with Crippen LogP contribution in [0, 0.1) is 12.8 Å². The van der Waals surface area contributed by atoms with Crippen molar-refractivity contribution in [2.75, 3.05) is 11.1 Å². The Bertz CT molecular complexity index is 965.